The molecule has 0 amide bonds. The Morgan fingerprint density at radius 2 is 1.35 bits per heavy atom. The lowest BCUT2D eigenvalue weighted by Crippen LogP contribution is -2.45. The molecular weight excluding hydrogens is 318 g/mol. The fourth-order valence-corrected chi connectivity index (χ4v) is 4.87. The Morgan fingerprint density at radius 1 is 0.769 bits per heavy atom. The van der Waals surface area contributed by atoms with Crippen LogP contribution in [0.25, 0.3) is 0 Å². The minimum absolute atomic E-state index is 0.757. The van der Waals surface area contributed by atoms with Gasteiger partial charge < -0.3 is 9.64 Å². The van der Waals surface area contributed by atoms with E-state index in [-0.39, 0.29) is 0 Å². The molecule has 2 saturated carbocycles. The summed E-state index contributed by atoms with van der Waals surface area (Å²) in [6, 6.07) is 10.6. The molecule has 0 aliphatic heterocycles. The van der Waals surface area contributed by atoms with E-state index in [1.807, 2.05) is 0 Å². The lowest BCUT2D eigenvalue weighted by Gasteiger charge is -2.43. The van der Waals surface area contributed by atoms with E-state index in [0.717, 1.165) is 24.4 Å². The first-order valence-electron chi connectivity index (χ1n) is 11.4. The highest BCUT2D eigenvalue weighted by Gasteiger charge is 2.28. The van der Waals surface area contributed by atoms with Crippen molar-refractivity contribution in [2.75, 3.05) is 11.5 Å². The summed E-state index contributed by atoms with van der Waals surface area (Å²) in [5, 5.41) is 0. The van der Waals surface area contributed by atoms with Crippen molar-refractivity contribution in [3.63, 3.8) is 0 Å². The maximum atomic E-state index is 5.96. The molecule has 2 aliphatic rings. The number of ether oxygens (including phenoxy) is 1. The molecule has 0 spiro atoms. The second-order valence-corrected chi connectivity index (χ2v) is 8.39. The van der Waals surface area contributed by atoms with Crippen LogP contribution in [0.15, 0.2) is 24.3 Å². The molecule has 1 aromatic rings. The Balaban J connectivity index is 1.61. The van der Waals surface area contributed by atoms with Gasteiger partial charge in [0.25, 0.3) is 0 Å². The Kier molecular flexibility index (Phi) is 8.17. The fraction of sp³-hybridized carbons (Fsp3) is 0.750. The highest BCUT2D eigenvalue weighted by atomic mass is 16.5. The standard InChI is InChI=1S/C24H39NO/c1-2-3-4-11-20-26-24-18-16-23(17-19-24)25(21-12-7-5-8-13-21)22-14-9-6-10-15-22/h16-19,21-22H,2-15,20H2,1H3. The van der Waals surface area contributed by atoms with Crippen LogP contribution < -0.4 is 9.64 Å². The zero-order valence-corrected chi connectivity index (χ0v) is 16.9. The van der Waals surface area contributed by atoms with E-state index in [9.17, 15) is 0 Å². The van der Waals surface area contributed by atoms with Gasteiger partial charge in [-0.25, -0.2) is 0 Å². The molecule has 2 fully saturated rings. The molecular formula is C24H39NO. The number of rotatable bonds is 9. The van der Waals surface area contributed by atoms with Gasteiger partial charge in [-0.05, 0) is 56.4 Å². The maximum Gasteiger partial charge on any atom is 0.119 e. The minimum Gasteiger partial charge on any atom is -0.494 e. The van der Waals surface area contributed by atoms with Gasteiger partial charge in [-0.15, -0.1) is 0 Å². The molecule has 3 rings (SSSR count). The first-order valence-corrected chi connectivity index (χ1v) is 11.4. The lowest BCUT2D eigenvalue weighted by molar-refractivity contribution is 0.305. The van der Waals surface area contributed by atoms with Crippen molar-refractivity contribution >= 4 is 5.69 Å². The summed E-state index contributed by atoms with van der Waals surface area (Å²) in [6.45, 7) is 3.11. The monoisotopic (exact) mass is 357 g/mol. The van der Waals surface area contributed by atoms with E-state index in [2.05, 4.69) is 36.1 Å². The molecule has 0 radical (unpaired) electrons. The summed E-state index contributed by atoms with van der Waals surface area (Å²) >= 11 is 0. The second kappa shape index (κ2) is 10.8. The summed E-state index contributed by atoms with van der Waals surface area (Å²) in [5.41, 5.74) is 1.43. The second-order valence-electron chi connectivity index (χ2n) is 8.39. The molecule has 2 aliphatic carbocycles. The van der Waals surface area contributed by atoms with Crippen LogP contribution in [0.4, 0.5) is 5.69 Å². The van der Waals surface area contributed by atoms with E-state index in [1.165, 1.54) is 95.6 Å². The number of hydrogen-bond acceptors (Lipinski definition) is 2. The summed E-state index contributed by atoms with van der Waals surface area (Å²) in [6.07, 6.45) is 19.1. The zero-order chi connectivity index (χ0) is 18.0. The molecule has 2 nitrogen and oxygen atoms in total. The van der Waals surface area contributed by atoms with Crippen molar-refractivity contribution in [1.29, 1.82) is 0 Å². The van der Waals surface area contributed by atoms with Gasteiger partial charge in [-0.3, -0.25) is 0 Å². The molecule has 146 valence electrons. The van der Waals surface area contributed by atoms with Gasteiger partial charge in [0, 0.05) is 17.8 Å². The molecule has 0 atom stereocenters. The number of benzene rings is 1. The molecule has 0 N–H and O–H groups in total. The Hall–Kier alpha value is -1.18. The molecule has 1 aromatic carbocycles. The highest BCUT2D eigenvalue weighted by Crippen LogP contribution is 2.35. The average Bonchev–Trinajstić information content (AvgIpc) is 2.71. The van der Waals surface area contributed by atoms with Crippen molar-refractivity contribution in [2.45, 2.75) is 109 Å². The van der Waals surface area contributed by atoms with Gasteiger partial charge in [-0.1, -0.05) is 64.7 Å². The van der Waals surface area contributed by atoms with Crippen LogP contribution in [0.2, 0.25) is 0 Å². The molecule has 26 heavy (non-hydrogen) atoms. The van der Waals surface area contributed by atoms with Crippen molar-refractivity contribution in [2.24, 2.45) is 0 Å². The lowest BCUT2D eigenvalue weighted by atomic mass is 9.88. The minimum atomic E-state index is 0.757. The average molecular weight is 358 g/mol. The summed E-state index contributed by atoms with van der Waals surface area (Å²) in [7, 11) is 0. The largest absolute Gasteiger partial charge is 0.494 e. The van der Waals surface area contributed by atoms with Crippen LogP contribution in [0.3, 0.4) is 0 Å². The van der Waals surface area contributed by atoms with Crippen molar-refractivity contribution in [3.05, 3.63) is 24.3 Å². The third-order valence-corrected chi connectivity index (χ3v) is 6.34. The van der Waals surface area contributed by atoms with Crippen LogP contribution in [-0.4, -0.2) is 18.7 Å². The summed E-state index contributed by atoms with van der Waals surface area (Å²) in [5.74, 6) is 1.04. The van der Waals surface area contributed by atoms with Crippen LogP contribution >= 0.6 is 0 Å². The normalized spacial score (nSPS) is 19.4. The summed E-state index contributed by atoms with van der Waals surface area (Å²) in [4.78, 5) is 2.81. The Morgan fingerprint density at radius 3 is 1.88 bits per heavy atom. The smallest absolute Gasteiger partial charge is 0.119 e. The third kappa shape index (κ3) is 5.66. The molecule has 0 unspecified atom stereocenters. The van der Waals surface area contributed by atoms with Gasteiger partial charge in [-0.2, -0.15) is 0 Å². The van der Waals surface area contributed by atoms with Crippen LogP contribution in [0.5, 0.6) is 5.75 Å². The molecule has 0 bridgehead atoms. The van der Waals surface area contributed by atoms with Gasteiger partial charge in [0.15, 0.2) is 0 Å². The third-order valence-electron chi connectivity index (χ3n) is 6.34. The van der Waals surface area contributed by atoms with Gasteiger partial charge in [0.05, 0.1) is 6.61 Å². The van der Waals surface area contributed by atoms with Crippen molar-refractivity contribution in [1.82, 2.24) is 0 Å². The van der Waals surface area contributed by atoms with Gasteiger partial charge in [0.1, 0.15) is 5.75 Å². The predicted octanol–water partition coefficient (Wildman–Crippen LogP) is 7.12. The highest BCUT2D eigenvalue weighted by molar-refractivity contribution is 5.51. The van der Waals surface area contributed by atoms with Crippen molar-refractivity contribution < 1.29 is 4.74 Å². The van der Waals surface area contributed by atoms with E-state index in [1.54, 1.807) is 0 Å². The van der Waals surface area contributed by atoms with E-state index >= 15 is 0 Å². The molecule has 0 heterocycles. The quantitative estimate of drug-likeness (QED) is 0.436. The summed E-state index contributed by atoms with van der Waals surface area (Å²) < 4.78 is 5.96. The fourth-order valence-electron chi connectivity index (χ4n) is 4.87. The van der Waals surface area contributed by atoms with Gasteiger partial charge in [0.2, 0.25) is 0 Å². The van der Waals surface area contributed by atoms with Crippen LogP contribution in [0, 0.1) is 0 Å². The number of hydrogen-bond donors (Lipinski definition) is 0. The van der Waals surface area contributed by atoms with Crippen molar-refractivity contribution in [3.8, 4) is 5.75 Å². The number of nitrogens with zero attached hydrogens (tertiary/aromatic N) is 1. The first-order chi connectivity index (χ1) is 12.9. The number of unbranched alkanes of at least 4 members (excludes halogenated alkanes) is 3. The van der Waals surface area contributed by atoms with Crippen LogP contribution in [-0.2, 0) is 0 Å². The molecule has 2 heteroatoms. The molecule has 0 saturated heterocycles. The zero-order valence-electron chi connectivity index (χ0n) is 16.9. The molecule has 0 aromatic heterocycles. The number of anilines is 1. The predicted molar refractivity (Wildman–Crippen MR) is 112 cm³/mol. The van der Waals surface area contributed by atoms with Gasteiger partial charge >= 0.3 is 0 Å². The first kappa shape index (κ1) is 19.6. The van der Waals surface area contributed by atoms with Crippen LogP contribution in [0.1, 0.15) is 96.8 Å². The van der Waals surface area contributed by atoms with E-state index < -0.39 is 0 Å². The Labute approximate surface area is 161 Å². The SMILES string of the molecule is CCCCCCOc1ccc(N(C2CCCCC2)C2CCCCC2)cc1. The van der Waals surface area contributed by atoms with E-state index in [4.69, 9.17) is 4.74 Å². The maximum absolute atomic E-state index is 5.96. The Bertz CT molecular complexity index is 467. The topological polar surface area (TPSA) is 12.5 Å². The van der Waals surface area contributed by atoms with E-state index in [0.29, 0.717) is 0 Å².